The molecule has 1 atom stereocenters. The Bertz CT molecular complexity index is 2230. The summed E-state index contributed by atoms with van der Waals surface area (Å²) in [5.41, 5.74) is 7.71. The van der Waals surface area contributed by atoms with Crippen LogP contribution in [0.4, 0.5) is 0 Å². The van der Waals surface area contributed by atoms with Crippen LogP contribution in [0.1, 0.15) is 122 Å². The molecule has 10 nitrogen and oxygen atoms in total. The summed E-state index contributed by atoms with van der Waals surface area (Å²) < 4.78 is 20.6. The zero-order valence-corrected chi connectivity index (χ0v) is 27.6. The number of hydrogen-bond donors (Lipinski definition) is 0. The molecule has 0 saturated heterocycles. The van der Waals surface area contributed by atoms with E-state index >= 15 is 0 Å². The minimum absolute atomic E-state index is 0.0427. The first-order valence-corrected chi connectivity index (χ1v) is 16.0. The van der Waals surface area contributed by atoms with E-state index in [4.69, 9.17) is 9.47 Å². The maximum absolute atomic E-state index is 13.0. The van der Waals surface area contributed by atoms with Crippen LogP contribution in [0.15, 0.2) is 72.3 Å². The predicted molar refractivity (Wildman–Crippen MR) is 179 cm³/mol. The van der Waals surface area contributed by atoms with Crippen molar-refractivity contribution in [2.75, 3.05) is 0 Å². The molecule has 2 aliphatic heterocycles. The lowest BCUT2D eigenvalue weighted by Crippen LogP contribution is -2.13. The number of ether oxygens (including phenoxy) is 4. The molecule has 10 heteroatoms. The Morgan fingerprint density at radius 2 is 1.16 bits per heavy atom. The van der Waals surface area contributed by atoms with E-state index in [0.717, 1.165) is 47.1 Å². The second-order valence-corrected chi connectivity index (χ2v) is 12.8. The fourth-order valence-electron chi connectivity index (χ4n) is 6.87. The van der Waals surface area contributed by atoms with Gasteiger partial charge in [0.15, 0.2) is 0 Å². The third kappa shape index (κ3) is 5.78. The topological polar surface area (TPSA) is 139 Å². The van der Waals surface area contributed by atoms with Gasteiger partial charge in [0.05, 0.1) is 33.4 Å². The van der Waals surface area contributed by atoms with E-state index in [2.05, 4.69) is 16.4 Å². The van der Waals surface area contributed by atoms with Crippen LogP contribution >= 0.6 is 0 Å². The summed E-state index contributed by atoms with van der Waals surface area (Å²) in [5.74, 6) is -3.21. The van der Waals surface area contributed by atoms with Gasteiger partial charge in [0.1, 0.15) is 11.5 Å². The van der Waals surface area contributed by atoms with E-state index in [-0.39, 0.29) is 39.3 Å². The van der Waals surface area contributed by atoms with E-state index in [1.807, 2.05) is 45.0 Å². The number of esters is 6. The number of cyclic esters (lactones) is 4. The van der Waals surface area contributed by atoms with E-state index in [0.29, 0.717) is 11.5 Å². The van der Waals surface area contributed by atoms with Crippen LogP contribution in [0.2, 0.25) is 0 Å². The summed E-state index contributed by atoms with van der Waals surface area (Å²) >= 11 is 0. The molecular weight excluding hydrogens is 640 g/mol. The largest absolute Gasteiger partial charge is 0.423 e. The smallest absolute Gasteiger partial charge is 0.346 e. The Kier molecular flexibility index (Phi) is 8.02. The van der Waals surface area contributed by atoms with E-state index < -0.39 is 35.8 Å². The summed E-state index contributed by atoms with van der Waals surface area (Å²) in [6.45, 7) is 7.78. The van der Waals surface area contributed by atoms with Crippen LogP contribution < -0.4 is 9.47 Å². The normalized spacial score (nSPS) is 16.5. The first kappa shape index (κ1) is 32.4. The lowest BCUT2D eigenvalue weighted by Gasteiger charge is -2.28. The van der Waals surface area contributed by atoms with Gasteiger partial charge in [-0.3, -0.25) is 0 Å². The molecule has 0 N–H and O–H groups in total. The molecule has 250 valence electrons. The Labute approximate surface area is 286 Å². The van der Waals surface area contributed by atoms with Crippen molar-refractivity contribution >= 4 is 41.4 Å². The number of carbonyl (C=O) groups excluding carboxylic acids is 6. The Morgan fingerprint density at radius 1 is 0.620 bits per heavy atom. The van der Waals surface area contributed by atoms with E-state index in [1.165, 1.54) is 47.5 Å². The van der Waals surface area contributed by atoms with Gasteiger partial charge in [-0.05, 0) is 135 Å². The lowest BCUT2D eigenvalue weighted by atomic mass is 9.78. The molecule has 0 fully saturated rings. The van der Waals surface area contributed by atoms with Gasteiger partial charge in [0.2, 0.25) is 0 Å². The number of hydrogen-bond acceptors (Lipinski definition) is 10. The molecule has 0 bridgehead atoms. The van der Waals surface area contributed by atoms with Crippen molar-refractivity contribution in [2.24, 2.45) is 0 Å². The van der Waals surface area contributed by atoms with Gasteiger partial charge in [-0.25, -0.2) is 28.8 Å². The molecule has 0 saturated carbocycles. The first-order valence-electron chi connectivity index (χ1n) is 16.0. The summed E-state index contributed by atoms with van der Waals surface area (Å²) in [7, 11) is 0. The highest BCUT2D eigenvalue weighted by Crippen LogP contribution is 2.42. The highest BCUT2D eigenvalue weighted by Gasteiger charge is 2.32. The summed E-state index contributed by atoms with van der Waals surface area (Å²) in [6, 6.07) is 18.1. The van der Waals surface area contributed by atoms with Crippen LogP contribution in [-0.4, -0.2) is 35.8 Å². The van der Waals surface area contributed by atoms with Crippen LogP contribution in [-0.2, 0) is 9.47 Å². The number of benzene rings is 4. The SMILES string of the molecule is CC1=C(c2ccc(OC(=O)c3ccc4c(c3)C(=O)OC4=O)c(C)c2)CCC(c2cc(C)c(OC(=O)c3ccc4c(c3)C(=O)OC4=O)c(C)c2)C1. The van der Waals surface area contributed by atoms with Gasteiger partial charge in [0, 0.05) is 0 Å². The fourth-order valence-corrected chi connectivity index (χ4v) is 6.87. The van der Waals surface area contributed by atoms with Crippen LogP contribution in [0.3, 0.4) is 0 Å². The number of aryl methyl sites for hydroxylation is 3. The molecule has 50 heavy (non-hydrogen) atoms. The molecule has 3 aliphatic rings. The molecule has 0 amide bonds. The zero-order valence-electron chi connectivity index (χ0n) is 27.6. The minimum atomic E-state index is -0.787. The van der Waals surface area contributed by atoms with Gasteiger partial charge in [-0.2, -0.15) is 0 Å². The van der Waals surface area contributed by atoms with E-state index in [1.54, 1.807) is 6.07 Å². The highest BCUT2D eigenvalue weighted by atomic mass is 16.6. The van der Waals surface area contributed by atoms with Gasteiger partial charge >= 0.3 is 35.8 Å². The van der Waals surface area contributed by atoms with Gasteiger partial charge in [0.25, 0.3) is 0 Å². The molecule has 2 heterocycles. The number of allylic oxidation sites excluding steroid dienone is 2. The van der Waals surface area contributed by atoms with E-state index in [9.17, 15) is 28.8 Å². The maximum atomic E-state index is 13.0. The van der Waals surface area contributed by atoms with Crippen LogP contribution in [0.25, 0.3) is 5.57 Å². The van der Waals surface area contributed by atoms with Crippen molar-refractivity contribution in [2.45, 2.75) is 52.9 Å². The van der Waals surface area contributed by atoms with Gasteiger partial charge in [-0.15, -0.1) is 0 Å². The van der Waals surface area contributed by atoms with Crippen molar-refractivity contribution in [3.63, 3.8) is 0 Å². The quantitative estimate of drug-likeness (QED) is 0.116. The molecule has 7 rings (SSSR count). The molecule has 4 aromatic carbocycles. The Hall–Kier alpha value is -6.16. The van der Waals surface area contributed by atoms with Crippen molar-refractivity contribution in [3.05, 3.63) is 134 Å². The summed E-state index contributed by atoms with van der Waals surface area (Å²) in [4.78, 5) is 73.2. The molecule has 1 aliphatic carbocycles. The lowest BCUT2D eigenvalue weighted by molar-refractivity contribution is 0.0425. The predicted octanol–water partition coefficient (Wildman–Crippen LogP) is 7.41. The molecule has 4 aromatic rings. The standard InChI is InChI=1S/C40H30O10/c1-19-13-23(27-15-21(3)34(22(4)16-27)48-36(42)26-7-11-30-32(18-26)40(46)50-38(30)44)5-9-28(19)24-8-12-33(20(2)14-24)47-35(41)25-6-10-29-31(17-25)39(45)49-37(29)43/h6-8,10-12,14-18,23H,5,9,13H2,1-4H3. The number of rotatable bonds is 6. The summed E-state index contributed by atoms with van der Waals surface area (Å²) in [6.07, 6.45) is 2.60. The fraction of sp³-hybridized carbons (Fsp3) is 0.200. The average Bonchev–Trinajstić information content (AvgIpc) is 3.54. The Morgan fingerprint density at radius 3 is 1.70 bits per heavy atom. The van der Waals surface area contributed by atoms with Crippen molar-refractivity contribution in [1.29, 1.82) is 0 Å². The third-order valence-electron chi connectivity index (χ3n) is 9.45. The Balaban J connectivity index is 1.03. The minimum Gasteiger partial charge on any atom is -0.423 e. The zero-order chi connectivity index (χ0) is 35.4. The number of carbonyl (C=O) groups is 6. The second kappa shape index (κ2) is 12.4. The van der Waals surface area contributed by atoms with Crippen LogP contribution in [0.5, 0.6) is 11.5 Å². The molecule has 0 radical (unpaired) electrons. The molecule has 0 spiro atoms. The molecule has 1 unspecified atom stereocenters. The monoisotopic (exact) mass is 670 g/mol. The first-order chi connectivity index (χ1) is 23.9. The highest BCUT2D eigenvalue weighted by molar-refractivity contribution is 6.16. The average molecular weight is 671 g/mol. The van der Waals surface area contributed by atoms with Crippen LogP contribution in [0, 0.1) is 20.8 Å². The molecule has 0 aromatic heterocycles. The van der Waals surface area contributed by atoms with Crippen molar-refractivity contribution in [3.8, 4) is 11.5 Å². The summed E-state index contributed by atoms with van der Waals surface area (Å²) in [5, 5.41) is 0. The van der Waals surface area contributed by atoms with Crippen molar-refractivity contribution in [1.82, 2.24) is 0 Å². The molecular formula is C40H30O10. The third-order valence-corrected chi connectivity index (χ3v) is 9.45. The second-order valence-electron chi connectivity index (χ2n) is 12.8. The van der Waals surface area contributed by atoms with Crippen molar-refractivity contribution < 1.29 is 47.7 Å². The van der Waals surface area contributed by atoms with Gasteiger partial charge < -0.3 is 18.9 Å². The van der Waals surface area contributed by atoms with Gasteiger partial charge in [-0.1, -0.05) is 23.8 Å². The maximum Gasteiger partial charge on any atom is 0.346 e. The number of fused-ring (bicyclic) bond motifs is 2.